The first kappa shape index (κ1) is 23.2. The molecule has 0 heterocycles. The van der Waals surface area contributed by atoms with Gasteiger partial charge in [0.25, 0.3) is 0 Å². The van der Waals surface area contributed by atoms with E-state index in [0.29, 0.717) is 31.7 Å². The van der Waals surface area contributed by atoms with E-state index in [1.807, 2.05) is 20.8 Å². The van der Waals surface area contributed by atoms with Crippen LogP contribution in [0.1, 0.15) is 60.8 Å². The fourth-order valence-corrected chi connectivity index (χ4v) is 1.12. The number of ketones is 1. The quantitative estimate of drug-likeness (QED) is 0.776. The van der Waals surface area contributed by atoms with Crippen molar-refractivity contribution in [3.05, 3.63) is 0 Å². The van der Waals surface area contributed by atoms with E-state index < -0.39 is 0 Å². The fourth-order valence-electron chi connectivity index (χ4n) is 1.12. The maximum absolute atomic E-state index is 10.8. The number of ether oxygens (including phenoxy) is 1. The second kappa shape index (κ2) is 19.4. The Morgan fingerprint density at radius 3 is 1.95 bits per heavy atom. The van der Waals surface area contributed by atoms with Crippen molar-refractivity contribution in [2.24, 2.45) is 5.92 Å². The van der Waals surface area contributed by atoms with E-state index in [2.05, 4.69) is 19.2 Å². The molecule has 0 aromatic heterocycles. The molecule has 19 heavy (non-hydrogen) atoms. The van der Waals surface area contributed by atoms with Gasteiger partial charge in [-0.3, -0.25) is 4.79 Å². The Labute approximate surface area is 119 Å². The lowest BCUT2D eigenvalue weighted by molar-refractivity contribution is -0.121. The highest BCUT2D eigenvalue weighted by Crippen LogP contribution is 1.95. The van der Waals surface area contributed by atoms with E-state index in [1.54, 1.807) is 7.11 Å². The standard InChI is InChI=1S/C8H15NO2.C5H12O.C2H6/c1-3-9-8(11)6-4-5-7(2)10;1-5(2)4-6-3;1-2/h3-6H2,1-2H3,(H,9,11);5H,4H2,1-3H3;1-2H3. The highest BCUT2D eigenvalue weighted by atomic mass is 16.5. The minimum atomic E-state index is 0.0359. The zero-order valence-corrected chi connectivity index (χ0v) is 13.8. The van der Waals surface area contributed by atoms with E-state index in [1.165, 1.54) is 6.92 Å². The average Bonchev–Trinajstić information content (AvgIpc) is 2.32. The van der Waals surface area contributed by atoms with E-state index in [-0.39, 0.29) is 11.7 Å². The van der Waals surface area contributed by atoms with Gasteiger partial charge >= 0.3 is 0 Å². The summed E-state index contributed by atoms with van der Waals surface area (Å²) in [6, 6.07) is 0. The Bertz CT molecular complexity index is 204. The Morgan fingerprint density at radius 2 is 1.68 bits per heavy atom. The smallest absolute Gasteiger partial charge is 0.219 e. The number of carbonyl (C=O) groups excluding carboxylic acids is 2. The van der Waals surface area contributed by atoms with Crippen LogP contribution in [0.5, 0.6) is 0 Å². The van der Waals surface area contributed by atoms with E-state index in [4.69, 9.17) is 4.74 Å². The minimum Gasteiger partial charge on any atom is -0.384 e. The Balaban J connectivity index is -0.000000271. The van der Waals surface area contributed by atoms with E-state index >= 15 is 0 Å². The number of carbonyl (C=O) groups is 2. The van der Waals surface area contributed by atoms with Crippen LogP contribution in [-0.2, 0) is 14.3 Å². The molecule has 0 saturated heterocycles. The molecule has 0 saturated carbocycles. The van der Waals surface area contributed by atoms with Crippen molar-refractivity contribution < 1.29 is 14.3 Å². The highest BCUT2D eigenvalue weighted by Gasteiger charge is 1.99. The van der Waals surface area contributed by atoms with Gasteiger partial charge in [0.05, 0.1) is 0 Å². The summed E-state index contributed by atoms with van der Waals surface area (Å²) in [6.45, 7) is 13.2. The highest BCUT2D eigenvalue weighted by molar-refractivity contribution is 5.78. The van der Waals surface area contributed by atoms with Crippen LogP contribution in [0, 0.1) is 5.92 Å². The molecule has 1 N–H and O–H groups in total. The summed E-state index contributed by atoms with van der Waals surface area (Å²) in [4.78, 5) is 21.3. The first-order valence-electron chi connectivity index (χ1n) is 7.19. The van der Waals surface area contributed by atoms with Crippen LogP contribution in [0.25, 0.3) is 0 Å². The van der Waals surface area contributed by atoms with Gasteiger partial charge in [0.15, 0.2) is 0 Å². The molecule has 4 heteroatoms. The third-order valence-electron chi connectivity index (χ3n) is 1.81. The van der Waals surface area contributed by atoms with Crippen molar-refractivity contribution in [2.45, 2.75) is 60.8 Å². The Morgan fingerprint density at radius 1 is 1.16 bits per heavy atom. The van der Waals surface area contributed by atoms with Crippen molar-refractivity contribution >= 4 is 11.7 Å². The zero-order valence-electron chi connectivity index (χ0n) is 13.8. The van der Waals surface area contributed by atoms with Crippen LogP contribution < -0.4 is 5.32 Å². The Hall–Kier alpha value is -0.900. The third-order valence-corrected chi connectivity index (χ3v) is 1.81. The summed E-state index contributed by atoms with van der Waals surface area (Å²) in [5.41, 5.74) is 0. The van der Waals surface area contributed by atoms with Crippen molar-refractivity contribution in [1.82, 2.24) is 5.32 Å². The van der Waals surface area contributed by atoms with Crippen molar-refractivity contribution in [1.29, 1.82) is 0 Å². The molecule has 116 valence electrons. The Kier molecular flexibility index (Phi) is 23.7. The first-order valence-corrected chi connectivity index (χ1v) is 7.19. The summed E-state index contributed by atoms with van der Waals surface area (Å²) < 4.78 is 4.80. The topological polar surface area (TPSA) is 55.4 Å². The number of Topliss-reactive ketones (excluding diaryl/α,β-unsaturated/α-hetero) is 1. The lowest BCUT2D eigenvalue weighted by atomic mass is 10.2. The van der Waals surface area contributed by atoms with Gasteiger partial charge in [0.2, 0.25) is 5.91 Å². The van der Waals surface area contributed by atoms with E-state index in [9.17, 15) is 9.59 Å². The monoisotopic (exact) mass is 275 g/mol. The largest absolute Gasteiger partial charge is 0.384 e. The summed E-state index contributed by atoms with van der Waals surface area (Å²) in [7, 11) is 1.72. The normalized spacial score (nSPS) is 8.84. The van der Waals surface area contributed by atoms with Gasteiger partial charge in [-0.25, -0.2) is 0 Å². The average molecular weight is 275 g/mol. The molecule has 0 aliphatic carbocycles. The van der Waals surface area contributed by atoms with Gasteiger partial charge in [-0.05, 0) is 26.2 Å². The fraction of sp³-hybridized carbons (Fsp3) is 0.867. The maximum Gasteiger partial charge on any atom is 0.219 e. The van der Waals surface area contributed by atoms with Crippen LogP contribution >= 0.6 is 0 Å². The van der Waals surface area contributed by atoms with Gasteiger partial charge in [0.1, 0.15) is 5.78 Å². The molecule has 1 amide bonds. The minimum absolute atomic E-state index is 0.0359. The van der Waals surface area contributed by atoms with Gasteiger partial charge in [0, 0.05) is 33.1 Å². The van der Waals surface area contributed by atoms with Gasteiger partial charge in [-0.2, -0.15) is 0 Å². The summed E-state index contributed by atoms with van der Waals surface area (Å²) in [5, 5.41) is 2.67. The lowest BCUT2D eigenvalue weighted by Gasteiger charge is -1.99. The SMILES string of the molecule is CC.CCNC(=O)CCCC(C)=O.COCC(C)C. The zero-order chi connectivity index (χ0) is 15.7. The van der Waals surface area contributed by atoms with Gasteiger partial charge < -0.3 is 14.8 Å². The molecule has 0 aliphatic heterocycles. The molecule has 0 fully saturated rings. The molecule has 0 rings (SSSR count). The molecule has 0 aromatic rings. The number of hydrogen-bond donors (Lipinski definition) is 1. The number of methoxy groups -OCH3 is 1. The molecule has 0 aromatic carbocycles. The predicted molar refractivity (Wildman–Crippen MR) is 81.3 cm³/mol. The first-order chi connectivity index (χ1) is 8.93. The number of rotatable bonds is 7. The number of hydrogen-bond acceptors (Lipinski definition) is 3. The molecular weight excluding hydrogens is 242 g/mol. The van der Waals surface area contributed by atoms with Crippen LogP contribution in [0.2, 0.25) is 0 Å². The second-order valence-corrected chi connectivity index (χ2v) is 4.36. The number of amides is 1. The molecule has 0 unspecified atom stereocenters. The van der Waals surface area contributed by atoms with E-state index in [0.717, 1.165) is 6.61 Å². The molecule has 0 spiro atoms. The van der Waals surface area contributed by atoms with Crippen molar-refractivity contribution in [3.8, 4) is 0 Å². The van der Waals surface area contributed by atoms with Crippen LogP contribution in [0.15, 0.2) is 0 Å². The third kappa shape index (κ3) is 31.6. The van der Waals surface area contributed by atoms with Gasteiger partial charge in [-0.15, -0.1) is 0 Å². The molecule has 4 nitrogen and oxygen atoms in total. The maximum atomic E-state index is 10.8. The van der Waals surface area contributed by atoms with Crippen molar-refractivity contribution in [2.75, 3.05) is 20.3 Å². The molecule has 0 aliphatic rings. The molecule has 0 radical (unpaired) electrons. The lowest BCUT2D eigenvalue weighted by Crippen LogP contribution is -2.22. The van der Waals surface area contributed by atoms with Gasteiger partial charge in [-0.1, -0.05) is 27.7 Å². The number of nitrogens with one attached hydrogen (secondary N) is 1. The summed E-state index contributed by atoms with van der Waals surface area (Å²) >= 11 is 0. The van der Waals surface area contributed by atoms with Crippen LogP contribution in [0.4, 0.5) is 0 Å². The van der Waals surface area contributed by atoms with Crippen molar-refractivity contribution in [3.63, 3.8) is 0 Å². The predicted octanol–water partition coefficient (Wildman–Crippen LogP) is 3.20. The van der Waals surface area contributed by atoms with Crippen LogP contribution in [-0.4, -0.2) is 32.0 Å². The van der Waals surface area contributed by atoms with Crippen LogP contribution in [0.3, 0.4) is 0 Å². The summed E-state index contributed by atoms with van der Waals surface area (Å²) in [6.07, 6.45) is 1.64. The molecule has 0 bridgehead atoms. The molecule has 0 atom stereocenters. The second-order valence-electron chi connectivity index (χ2n) is 4.36. The summed E-state index contributed by atoms with van der Waals surface area (Å²) in [5.74, 6) is 0.859. The molecular formula is C15H33NO3.